The number of aromatic nitrogens is 4. The first-order valence-electron chi connectivity index (χ1n) is 10.3. The average Bonchev–Trinajstić information content (AvgIpc) is 3.42. The van der Waals surface area contributed by atoms with Crippen LogP contribution in [0.3, 0.4) is 0 Å². The number of hydrogen-bond donors (Lipinski definition) is 2. The summed E-state index contributed by atoms with van der Waals surface area (Å²) in [6.45, 7) is 4.10. The fourth-order valence-corrected chi connectivity index (χ4v) is 4.57. The summed E-state index contributed by atoms with van der Waals surface area (Å²) in [5, 5.41) is 18.9. The van der Waals surface area contributed by atoms with Gasteiger partial charge in [0, 0.05) is 17.2 Å². The zero-order valence-electron chi connectivity index (χ0n) is 17.8. The maximum Gasteiger partial charge on any atom is 0.336 e. The summed E-state index contributed by atoms with van der Waals surface area (Å²) < 4.78 is 10.5. The van der Waals surface area contributed by atoms with Gasteiger partial charge in [0.2, 0.25) is 0 Å². The van der Waals surface area contributed by atoms with Crippen LogP contribution in [0.2, 0.25) is 0 Å². The number of allylic oxidation sites excluding steroid dienone is 1. The van der Waals surface area contributed by atoms with E-state index in [0.717, 1.165) is 48.6 Å². The van der Waals surface area contributed by atoms with Gasteiger partial charge < -0.3 is 15.0 Å². The smallest absolute Gasteiger partial charge is 0.336 e. The van der Waals surface area contributed by atoms with Crippen LogP contribution in [0.4, 0.5) is 5.82 Å². The molecule has 2 aliphatic heterocycles. The molecule has 3 aromatic rings. The predicted molar refractivity (Wildman–Crippen MR) is 124 cm³/mol. The highest BCUT2D eigenvalue weighted by molar-refractivity contribution is 5.96. The van der Waals surface area contributed by atoms with E-state index >= 15 is 0 Å². The standard InChI is InChI=1S/C21H24N6O3.2ClH/c1-3-29-21(28)17-16(13-5-4-6-15-19(13)26-30-25-15)14-11-22-24-20(14)23-18(17)12-7-9-27(2)10-8-12;;/h4-6,11-12,16H,3,7-10H2,1-2H3,(H2,22,23,24);2*1H. The summed E-state index contributed by atoms with van der Waals surface area (Å²) in [5.74, 6) is 0.346. The Kier molecular flexibility index (Phi) is 7.43. The van der Waals surface area contributed by atoms with E-state index in [1.165, 1.54) is 0 Å². The van der Waals surface area contributed by atoms with Crippen LogP contribution < -0.4 is 5.32 Å². The number of hydrogen-bond acceptors (Lipinski definition) is 8. The lowest BCUT2D eigenvalue weighted by atomic mass is 9.78. The molecule has 1 fully saturated rings. The average molecular weight is 481 g/mol. The van der Waals surface area contributed by atoms with Crippen molar-refractivity contribution in [1.29, 1.82) is 0 Å². The third kappa shape index (κ3) is 4.07. The summed E-state index contributed by atoms with van der Waals surface area (Å²) in [4.78, 5) is 15.6. The number of piperidine rings is 1. The Labute approximate surface area is 197 Å². The van der Waals surface area contributed by atoms with Crippen LogP contribution in [-0.4, -0.2) is 58.1 Å². The molecule has 0 radical (unpaired) electrons. The summed E-state index contributed by atoms with van der Waals surface area (Å²) in [7, 11) is 2.12. The van der Waals surface area contributed by atoms with Gasteiger partial charge in [-0.2, -0.15) is 5.10 Å². The number of anilines is 1. The van der Waals surface area contributed by atoms with Gasteiger partial charge in [-0.3, -0.25) is 5.10 Å². The minimum absolute atomic E-state index is 0. The van der Waals surface area contributed by atoms with Crippen molar-refractivity contribution < 1.29 is 14.2 Å². The number of aromatic amines is 1. The number of esters is 1. The van der Waals surface area contributed by atoms with E-state index in [9.17, 15) is 4.79 Å². The van der Waals surface area contributed by atoms with E-state index in [2.05, 4.69) is 37.8 Å². The zero-order valence-corrected chi connectivity index (χ0v) is 19.5. The topological polar surface area (TPSA) is 109 Å². The minimum Gasteiger partial charge on any atom is -0.463 e. The molecule has 0 spiro atoms. The largest absolute Gasteiger partial charge is 0.463 e. The SMILES string of the molecule is CCOC(=O)C1=C(C2CCN(C)CC2)Nc2[nH]ncc2C1c1cccc2nonc12.Cl.Cl. The number of H-pyrrole nitrogens is 1. The van der Waals surface area contributed by atoms with Crippen molar-refractivity contribution in [3.8, 4) is 0 Å². The van der Waals surface area contributed by atoms with Crippen molar-refractivity contribution in [2.45, 2.75) is 25.7 Å². The summed E-state index contributed by atoms with van der Waals surface area (Å²) in [6.07, 6.45) is 3.69. The third-order valence-electron chi connectivity index (χ3n) is 6.07. The highest BCUT2D eigenvalue weighted by Crippen LogP contribution is 2.45. The molecule has 1 aromatic carbocycles. The molecule has 9 nitrogen and oxygen atoms in total. The second kappa shape index (κ2) is 9.89. The molecule has 1 unspecified atom stereocenters. The second-order valence-corrected chi connectivity index (χ2v) is 7.86. The van der Waals surface area contributed by atoms with E-state index in [4.69, 9.17) is 9.37 Å². The Morgan fingerprint density at radius 2 is 2.00 bits per heavy atom. The number of carbonyl (C=O) groups is 1. The fourth-order valence-electron chi connectivity index (χ4n) is 4.57. The Balaban J connectivity index is 0.00000144. The van der Waals surface area contributed by atoms with Gasteiger partial charge in [0.15, 0.2) is 0 Å². The maximum atomic E-state index is 13.3. The molecule has 11 heteroatoms. The number of ether oxygens (including phenoxy) is 1. The molecule has 2 aliphatic rings. The molecule has 2 aromatic heterocycles. The van der Waals surface area contributed by atoms with E-state index in [0.29, 0.717) is 23.2 Å². The number of nitrogens with zero attached hydrogens (tertiary/aromatic N) is 4. The molecule has 0 saturated carbocycles. The lowest BCUT2D eigenvalue weighted by Crippen LogP contribution is -2.35. The quantitative estimate of drug-likeness (QED) is 0.545. The van der Waals surface area contributed by atoms with Gasteiger partial charge in [-0.05, 0) is 61.8 Å². The van der Waals surface area contributed by atoms with Crippen LogP contribution in [0.5, 0.6) is 0 Å². The second-order valence-electron chi connectivity index (χ2n) is 7.86. The van der Waals surface area contributed by atoms with Gasteiger partial charge in [-0.15, -0.1) is 24.8 Å². The molecular formula is C21H26Cl2N6O3. The van der Waals surface area contributed by atoms with Crippen LogP contribution in [-0.2, 0) is 9.53 Å². The molecule has 1 saturated heterocycles. The lowest BCUT2D eigenvalue weighted by molar-refractivity contribution is -0.138. The van der Waals surface area contributed by atoms with Gasteiger partial charge in [0.1, 0.15) is 16.9 Å². The molecule has 2 N–H and O–H groups in total. The van der Waals surface area contributed by atoms with Crippen molar-refractivity contribution >= 4 is 47.6 Å². The fraction of sp³-hybridized carbons (Fsp3) is 0.429. The Morgan fingerprint density at radius 1 is 1.22 bits per heavy atom. The number of fused-ring (bicyclic) bond motifs is 2. The van der Waals surface area contributed by atoms with Crippen molar-refractivity contribution in [2.75, 3.05) is 32.1 Å². The van der Waals surface area contributed by atoms with Crippen LogP contribution >= 0.6 is 24.8 Å². The number of likely N-dealkylation sites (tertiary alicyclic amines) is 1. The zero-order chi connectivity index (χ0) is 20.7. The molecule has 1 atom stereocenters. The molecular weight excluding hydrogens is 455 g/mol. The van der Waals surface area contributed by atoms with Crippen LogP contribution in [0.1, 0.15) is 36.8 Å². The van der Waals surface area contributed by atoms with Gasteiger partial charge in [-0.25, -0.2) is 9.42 Å². The van der Waals surface area contributed by atoms with Gasteiger partial charge in [0.05, 0.1) is 24.3 Å². The number of halogens is 2. The van der Waals surface area contributed by atoms with Crippen LogP contribution in [0, 0.1) is 5.92 Å². The van der Waals surface area contributed by atoms with Crippen LogP contribution in [0.15, 0.2) is 40.3 Å². The first kappa shape index (κ1) is 24.0. The molecule has 5 rings (SSSR count). The van der Waals surface area contributed by atoms with E-state index < -0.39 is 0 Å². The first-order valence-corrected chi connectivity index (χ1v) is 10.3. The van der Waals surface area contributed by atoms with Crippen LogP contribution in [0.25, 0.3) is 11.0 Å². The van der Waals surface area contributed by atoms with Gasteiger partial charge in [-0.1, -0.05) is 12.1 Å². The highest BCUT2D eigenvalue weighted by atomic mass is 35.5. The Bertz CT molecular complexity index is 1120. The first-order chi connectivity index (χ1) is 14.7. The third-order valence-corrected chi connectivity index (χ3v) is 6.07. The van der Waals surface area contributed by atoms with Crippen molar-refractivity contribution in [1.82, 2.24) is 25.4 Å². The molecule has 0 bridgehead atoms. The summed E-state index contributed by atoms with van der Waals surface area (Å²) >= 11 is 0. The number of carbonyl (C=O) groups excluding carboxylic acids is 1. The lowest BCUT2D eigenvalue weighted by Gasteiger charge is -2.36. The normalized spacial score (nSPS) is 19.0. The van der Waals surface area contributed by atoms with E-state index in [-0.39, 0.29) is 42.6 Å². The van der Waals surface area contributed by atoms with Crippen molar-refractivity contribution in [2.24, 2.45) is 5.92 Å². The molecule has 172 valence electrons. The molecule has 32 heavy (non-hydrogen) atoms. The van der Waals surface area contributed by atoms with Gasteiger partial charge in [0.25, 0.3) is 0 Å². The summed E-state index contributed by atoms with van der Waals surface area (Å²) in [5.41, 5.74) is 4.56. The molecule has 0 aliphatic carbocycles. The van der Waals surface area contributed by atoms with E-state index in [1.807, 2.05) is 25.1 Å². The molecule has 4 heterocycles. The Morgan fingerprint density at radius 3 is 2.75 bits per heavy atom. The van der Waals surface area contributed by atoms with Gasteiger partial charge >= 0.3 is 5.97 Å². The summed E-state index contributed by atoms with van der Waals surface area (Å²) in [6, 6.07) is 5.71. The van der Waals surface area contributed by atoms with E-state index in [1.54, 1.807) is 6.20 Å². The van der Waals surface area contributed by atoms with Crippen molar-refractivity contribution in [3.05, 3.63) is 46.8 Å². The monoisotopic (exact) mass is 480 g/mol. The minimum atomic E-state index is -0.371. The highest BCUT2D eigenvalue weighted by Gasteiger charge is 2.39. The Hall–Kier alpha value is -2.62. The maximum absolute atomic E-state index is 13.3. The molecule has 0 amide bonds. The number of benzene rings is 1. The number of nitrogens with one attached hydrogen (secondary N) is 2. The van der Waals surface area contributed by atoms with Crippen molar-refractivity contribution in [3.63, 3.8) is 0 Å². The number of rotatable bonds is 4. The predicted octanol–water partition coefficient (Wildman–Crippen LogP) is 3.51.